The summed E-state index contributed by atoms with van der Waals surface area (Å²) in [5, 5.41) is 9.32. The number of aliphatic hydroxyl groups excluding tert-OH is 1. The fourth-order valence-electron chi connectivity index (χ4n) is 1.23. The maximum absolute atomic E-state index is 11.3. The van der Waals surface area contributed by atoms with Crippen molar-refractivity contribution in [2.45, 2.75) is 6.10 Å². The Morgan fingerprint density at radius 1 is 1.77 bits per heavy atom. The summed E-state index contributed by atoms with van der Waals surface area (Å²) in [5.41, 5.74) is 0. The minimum Gasteiger partial charge on any atom is -0.389 e. The third-order valence-electron chi connectivity index (χ3n) is 1.87. The topological polar surface area (TPSA) is 59.0 Å². The van der Waals surface area contributed by atoms with Crippen LogP contribution in [0.1, 0.15) is 0 Å². The SMILES string of the molecule is COCC(=O)N1CCOCC(O)C1. The lowest BCUT2D eigenvalue weighted by molar-refractivity contribution is -0.136. The standard InChI is InChI=1S/C8H15NO4/c1-12-6-8(11)9-2-3-13-5-7(10)4-9/h7,10H,2-6H2,1H3. The molecule has 1 aliphatic rings. The number of methoxy groups -OCH3 is 1. The number of hydrogen-bond donors (Lipinski definition) is 1. The van der Waals surface area contributed by atoms with E-state index in [9.17, 15) is 9.90 Å². The van der Waals surface area contributed by atoms with E-state index < -0.39 is 6.10 Å². The second-order valence-corrected chi connectivity index (χ2v) is 3.00. The number of carbonyl (C=O) groups excluding carboxylic acids is 1. The summed E-state index contributed by atoms with van der Waals surface area (Å²) in [6.45, 7) is 1.71. The van der Waals surface area contributed by atoms with E-state index in [0.29, 0.717) is 26.3 Å². The number of ether oxygens (including phenoxy) is 2. The second kappa shape index (κ2) is 5.16. The highest BCUT2D eigenvalue weighted by molar-refractivity contribution is 5.77. The largest absolute Gasteiger partial charge is 0.389 e. The minimum absolute atomic E-state index is 0.0622. The van der Waals surface area contributed by atoms with E-state index in [-0.39, 0.29) is 12.5 Å². The van der Waals surface area contributed by atoms with Crippen molar-refractivity contribution in [1.29, 1.82) is 0 Å². The summed E-state index contributed by atoms with van der Waals surface area (Å²) in [6.07, 6.45) is -0.580. The Balaban J connectivity index is 2.42. The summed E-state index contributed by atoms with van der Waals surface area (Å²) in [5.74, 6) is -0.105. The minimum atomic E-state index is -0.580. The first-order chi connectivity index (χ1) is 6.24. The van der Waals surface area contributed by atoms with E-state index in [1.54, 1.807) is 4.90 Å². The Labute approximate surface area is 77.2 Å². The van der Waals surface area contributed by atoms with Gasteiger partial charge in [0, 0.05) is 20.2 Å². The van der Waals surface area contributed by atoms with E-state index >= 15 is 0 Å². The third kappa shape index (κ3) is 3.30. The fourth-order valence-corrected chi connectivity index (χ4v) is 1.23. The first-order valence-corrected chi connectivity index (χ1v) is 4.26. The average Bonchev–Trinajstić information content (AvgIpc) is 2.30. The summed E-state index contributed by atoms with van der Waals surface area (Å²) < 4.78 is 9.80. The first kappa shape index (κ1) is 10.4. The molecule has 13 heavy (non-hydrogen) atoms. The maximum Gasteiger partial charge on any atom is 0.248 e. The average molecular weight is 189 g/mol. The molecule has 76 valence electrons. The van der Waals surface area contributed by atoms with E-state index in [0.717, 1.165) is 0 Å². The second-order valence-electron chi connectivity index (χ2n) is 3.00. The zero-order chi connectivity index (χ0) is 9.68. The normalized spacial score (nSPS) is 24.2. The molecule has 1 rings (SSSR count). The van der Waals surface area contributed by atoms with Gasteiger partial charge in [-0.1, -0.05) is 0 Å². The zero-order valence-corrected chi connectivity index (χ0v) is 7.73. The number of β-amino-alcohol motifs (C(OH)–C–C–N with tert-alkyl or cyclic N) is 1. The molecule has 0 aromatic rings. The van der Waals surface area contributed by atoms with Gasteiger partial charge in [-0.3, -0.25) is 4.79 Å². The van der Waals surface area contributed by atoms with Gasteiger partial charge in [0.1, 0.15) is 6.61 Å². The van der Waals surface area contributed by atoms with Crippen LogP contribution < -0.4 is 0 Å². The van der Waals surface area contributed by atoms with Crippen LogP contribution in [-0.2, 0) is 14.3 Å². The molecule has 0 spiro atoms. The Morgan fingerprint density at radius 2 is 2.54 bits per heavy atom. The summed E-state index contributed by atoms with van der Waals surface area (Å²) in [4.78, 5) is 12.9. The number of rotatable bonds is 2. The molecular weight excluding hydrogens is 174 g/mol. The number of hydrogen-bond acceptors (Lipinski definition) is 4. The molecule has 0 saturated carbocycles. The van der Waals surface area contributed by atoms with Crippen molar-refractivity contribution in [2.75, 3.05) is 40.0 Å². The van der Waals surface area contributed by atoms with Gasteiger partial charge < -0.3 is 19.5 Å². The smallest absolute Gasteiger partial charge is 0.248 e. The Hall–Kier alpha value is -0.650. The highest BCUT2D eigenvalue weighted by Gasteiger charge is 2.20. The van der Waals surface area contributed by atoms with Gasteiger partial charge in [0.25, 0.3) is 0 Å². The molecule has 1 amide bonds. The number of nitrogens with zero attached hydrogens (tertiary/aromatic N) is 1. The van der Waals surface area contributed by atoms with Gasteiger partial charge in [-0.15, -0.1) is 0 Å². The van der Waals surface area contributed by atoms with Crippen LogP contribution in [0, 0.1) is 0 Å². The summed E-state index contributed by atoms with van der Waals surface area (Å²) >= 11 is 0. The van der Waals surface area contributed by atoms with Crippen LogP contribution in [0.5, 0.6) is 0 Å². The number of aliphatic hydroxyl groups is 1. The van der Waals surface area contributed by atoms with Crippen LogP contribution in [0.3, 0.4) is 0 Å². The molecular formula is C8H15NO4. The van der Waals surface area contributed by atoms with E-state index in [1.165, 1.54) is 7.11 Å². The lowest BCUT2D eigenvalue weighted by Gasteiger charge is -2.20. The quantitative estimate of drug-likeness (QED) is 0.596. The molecule has 0 bridgehead atoms. The Kier molecular flexibility index (Phi) is 4.14. The van der Waals surface area contributed by atoms with Crippen molar-refractivity contribution in [2.24, 2.45) is 0 Å². The molecule has 0 aromatic carbocycles. The van der Waals surface area contributed by atoms with Gasteiger partial charge in [-0.05, 0) is 0 Å². The summed E-state index contributed by atoms with van der Waals surface area (Å²) in [7, 11) is 1.47. The molecule has 0 aliphatic carbocycles. The lowest BCUT2D eigenvalue weighted by Crippen LogP contribution is -2.39. The van der Waals surface area contributed by atoms with Crippen molar-refractivity contribution in [3.63, 3.8) is 0 Å². The van der Waals surface area contributed by atoms with Gasteiger partial charge in [0.05, 0.1) is 19.3 Å². The molecule has 5 heteroatoms. The molecule has 0 radical (unpaired) electrons. The monoisotopic (exact) mass is 189 g/mol. The van der Waals surface area contributed by atoms with Crippen molar-refractivity contribution in [1.82, 2.24) is 4.90 Å². The van der Waals surface area contributed by atoms with E-state index in [2.05, 4.69) is 0 Å². The number of carbonyl (C=O) groups is 1. The maximum atomic E-state index is 11.3. The van der Waals surface area contributed by atoms with Crippen LogP contribution in [0.25, 0.3) is 0 Å². The van der Waals surface area contributed by atoms with Gasteiger partial charge in [-0.2, -0.15) is 0 Å². The molecule has 1 N–H and O–H groups in total. The van der Waals surface area contributed by atoms with Crippen molar-refractivity contribution >= 4 is 5.91 Å². The van der Waals surface area contributed by atoms with E-state index in [4.69, 9.17) is 9.47 Å². The van der Waals surface area contributed by atoms with Crippen LogP contribution in [0.15, 0.2) is 0 Å². The Morgan fingerprint density at radius 3 is 3.23 bits per heavy atom. The van der Waals surface area contributed by atoms with Crippen LogP contribution in [0.4, 0.5) is 0 Å². The first-order valence-electron chi connectivity index (χ1n) is 4.26. The fraction of sp³-hybridized carbons (Fsp3) is 0.875. The lowest BCUT2D eigenvalue weighted by atomic mass is 10.3. The third-order valence-corrected chi connectivity index (χ3v) is 1.87. The van der Waals surface area contributed by atoms with Gasteiger partial charge in [0.2, 0.25) is 5.91 Å². The number of amides is 1. The molecule has 5 nitrogen and oxygen atoms in total. The molecule has 0 aromatic heterocycles. The highest BCUT2D eigenvalue weighted by atomic mass is 16.5. The summed E-state index contributed by atoms with van der Waals surface area (Å²) in [6, 6.07) is 0. The van der Waals surface area contributed by atoms with Gasteiger partial charge in [0.15, 0.2) is 0 Å². The van der Waals surface area contributed by atoms with Crippen molar-refractivity contribution in [3.05, 3.63) is 0 Å². The molecule has 1 saturated heterocycles. The van der Waals surface area contributed by atoms with Gasteiger partial charge in [-0.25, -0.2) is 0 Å². The Bertz CT molecular complexity index is 174. The van der Waals surface area contributed by atoms with Crippen molar-refractivity contribution in [3.8, 4) is 0 Å². The van der Waals surface area contributed by atoms with Crippen LogP contribution >= 0.6 is 0 Å². The predicted molar refractivity (Wildman–Crippen MR) is 45.3 cm³/mol. The van der Waals surface area contributed by atoms with E-state index in [1.807, 2.05) is 0 Å². The van der Waals surface area contributed by atoms with Crippen LogP contribution in [-0.4, -0.2) is 62.0 Å². The van der Waals surface area contributed by atoms with Gasteiger partial charge >= 0.3 is 0 Å². The molecule has 1 fully saturated rings. The zero-order valence-electron chi connectivity index (χ0n) is 7.73. The predicted octanol–water partition coefficient (Wildman–Crippen LogP) is -1.15. The van der Waals surface area contributed by atoms with Crippen molar-refractivity contribution < 1.29 is 19.4 Å². The molecule has 1 unspecified atom stereocenters. The molecule has 1 heterocycles. The van der Waals surface area contributed by atoms with Crippen LogP contribution in [0.2, 0.25) is 0 Å². The molecule has 1 atom stereocenters. The molecule has 1 aliphatic heterocycles. The highest BCUT2D eigenvalue weighted by Crippen LogP contribution is 2.00.